The number of rotatable bonds is 1. The summed E-state index contributed by atoms with van der Waals surface area (Å²) in [5.41, 5.74) is 5.24. The lowest BCUT2D eigenvalue weighted by Gasteiger charge is -2.28. The summed E-state index contributed by atoms with van der Waals surface area (Å²) in [6, 6.07) is 0.0342. The Labute approximate surface area is 64.4 Å². The molecule has 2 rings (SSSR count). The van der Waals surface area contributed by atoms with Gasteiger partial charge < -0.3 is 10.5 Å². The van der Waals surface area contributed by atoms with E-state index in [9.17, 15) is 4.79 Å². The Morgan fingerprint density at radius 3 is 2.64 bits per heavy atom. The lowest BCUT2D eigenvalue weighted by Crippen LogP contribution is -2.33. The zero-order valence-corrected chi connectivity index (χ0v) is 6.12. The van der Waals surface area contributed by atoms with E-state index in [0.717, 1.165) is 12.8 Å². The van der Waals surface area contributed by atoms with Crippen molar-refractivity contribution in [1.82, 2.24) is 0 Å². The fraction of sp³-hybridized carbons (Fsp3) is 0.714. The van der Waals surface area contributed by atoms with E-state index in [1.807, 2.05) is 0 Å². The highest BCUT2D eigenvalue weighted by molar-refractivity contribution is 5.98. The molecule has 1 unspecified atom stereocenters. The molecule has 1 fully saturated rings. The SMILES string of the molecule is NC1=NC(=O)C(C2CCC2)O1. The van der Waals surface area contributed by atoms with Gasteiger partial charge in [0.25, 0.3) is 11.9 Å². The molecule has 1 heterocycles. The number of carbonyl (C=O) groups excluding carboxylic acids is 1. The normalized spacial score (nSPS) is 31.1. The summed E-state index contributed by atoms with van der Waals surface area (Å²) in [7, 11) is 0. The molecule has 0 saturated heterocycles. The van der Waals surface area contributed by atoms with Gasteiger partial charge in [0.15, 0.2) is 6.10 Å². The third-order valence-corrected chi connectivity index (χ3v) is 2.29. The first kappa shape index (κ1) is 6.64. The largest absolute Gasteiger partial charge is 0.451 e. The second kappa shape index (κ2) is 2.22. The Balaban J connectivity index is 2.02. The molecule has 0 aromatic carbocycles. The molecule has 0 radical (unpaired) electrons. The molecule has 0 spiro atoms. The number of nitrogens with zero attached hydrogens (tertiary/aromatic N) is 1. The minimum atomic E-state index is -0.358. The fourth-order valence-corrected chi connectivity index (χ4v) is 1.42. The third-order valence-electron chi connectivity index (χ3n) is 2.29. The monoisotopic (exact) mass is 154 g/mol. The molecule has 0 aromatic rings. The van der Waals surface area contributed by atoms with Gasteiger partial charge in [0.2, 0.25) is 0 Å². The molecule has 0 bridgehead atoms. The van der Waals surface area contributed by atoms with Gasteiger partial charge in [0.05, 0.1) is 0 Å². The van der Waals surface area contributed by atoms with Gasteiger partial charge in [-0.15, -0.1) is 0 Å². The number of nitrogens with two attached hydrogens (primary N) is 1. The van der Waals surface area contributed by atoms with Crippen molar-refractivity contribution < 1.29 is 9.53 Å². The van der Waals surface area contributed by atoms with E-state index in [2.05, 4.69) is 4.99 Å². The van der Waals surface area contributed by atoms with Crippen molar-refractivity contribution >= 4 is 11.9 Å². The van der Waals surface area contributed by atoms with E-state index in [-0.39, 0.29) is 18.0 Å². The van der Waals surface area contributed by atoms with E-state index >= 15 is 0 Å². The zero-order valence-electron chi connectivity index (χ0n) is 6.12. The fourth-order valence-electron chi connectivity index (χ4n) is 1.42. The quantitative estimate of drug-likeness (QED) is 0.579. The number of hydrogen-bond acceptors (Lipinski definition) is 3. The number of amidine groups is 1. The average molecular weight is 154 g/mol. The summed E-state index contributed by atoms with van der Waals surface area (Å²) in [6.07, 6.45) is 2.97. The van der Waals surface area contributed by atoms with Crippen molar-refractivity contribution in [3.05, 3.63) is 0 Å². The topological polar surface area (TPSA) is 64.7 Å². The zero-order chi connectivity index (χ0) is 7.84. The van der Waals surface area contributed by atoms with E-state index in [1.54, 1.807) is 0 Å². The maximum absolute atomic E-state index is 11.0. The highest BCUT2D eigenvalue weighted by atomic mass is 16.5. The Morgan fingerprint density at radius 2 is 2.27 bits per heavy atom. The molecule has 0 aromatic heterocycles. The Bertz CT molecular complexity index is 220. The van der Waals surface area contributed by atoms with E-state index in [1.165, 1.54) is 6.42 Å². The van der Waals surface area contributed by atoms with Crippen LogP contribution < -0.4 is 5.73 Å². The molecule has 1 aliphatic heterocycles. The molecule has 2 aliphatic rings. The molecule has 4 nitrogen and oxygen atoms in total. The van der Waals surface area contributed by atoms with Crippen LogP contribution in [-0.2, 0) is 9.53 Å². The molecule has 11 heavy (non-hydrogen) atoms. The highest BCUT2D eigenvalue weighted by Crippen LogP contribution is 2.33. The summed E-state index contributed by atoms with van der Waals surface area (Å²) in [4.78, 5) is 14.5. The van der Waals surface area contributed by atoms with Crippen molar-refractivity contribution in [1.29, 1.82) is 0 Å². The lowest BCUT2D eigenvalue weighted by atomic mass is 9.81. The van der Waals surface area contributed by atoms with Gasteiger partial charge in [-0.3, -0.25) is 4.79 Å². The Morgan fingerprint density at radius 1 is 1.55 bits per heavy atom. The number of carbonyl (C=O) groups is 1. The van der Waals surface area contributed by atoms with E-state index in [4.69, 9.17) is 10.5 Å². The highest BCUT2D eigenvalue weighted by Gasteiger charge is 2.38. The first-order chi connectivity index (χ1) is 5.27. The van der Waals surface area contributed by atoms with Crippen LogP contribution in [0.15, 0.2) is 4.99 Å². The van der Waals surface area contributed by atoms with Gasteiger partial charge in [-0.05, 0) is 12.8 Å². The van der Waals surface area contributed by atoms with Gasteiger partial charge in [0.1, 0.15) is 0 Å². The summed E-state index contributed by atoms with van der Waals surface area (Å²) >= 11 is 0. The van der Waals surface area contributed by atoms with Crippen LogP contribution in [0.25, 0.3) is 0 Å². The second-order valence-corrected chi connectivity index (χ2v) is 3.02. The van der Waals surface area contributed by atoms with Crippen molar-refractivity contribution in [2.24, 2.45) is 16.6 Å². The summed E-state index contributed by atoms with van der Waals surface area (Å²) in [5, 5.41) is 0. The van der Waals surface area contributed by atoms with Crippen molar-refractivity contribution in [2.75, 3.05) is 0 Å². The van der Waals surface area contributed by atoms with Crippen molar-refractivity contribution in [3.8, 4) is 0 Å². The maximum Gasteiger partial charge on any atom is 0.291 e. The minimum Gasteiger partial charge on any atom is -0.451 e. The number of ether oxygens (including phenoxy) is 1. The van der Waals surface area contributed by atoms with Crippen LogP contribution in [0.1, 0.15) is 19.3 Å². The standard InChI is InChI=1S/C7H10N2O2/c8-7-9-6(10)5(11-7)4-2-1-3-4/h4-5H,1-3H2,(H2,8,9,10). The average Bonchev–Trinajstić information content (AvgIpc) is 2.07. The number of hydrogen-bond donors (Lipinski definition) is 1. The van der Waals surface area contributed by atoms with Crippen molar-refractivity contribution in [3.63, 3.8) is 0 Å². The van der Waals surface area contributed by atoms with Crippen LogP contribution in [0.2, 0.25) is 0 Å². The van der Waals surface area contributed by atoms with Gasteiger partial charge in [0, 0.05) is 5.92 Å². The Hall–Kier alpha value is -1.06. The predicted molar refractivity (Wildman–Crippen MR) is 38.8 cm³/mol. The molecule has 2 N–H and O–H groups in total. The molecule has 60 valence electrons. The van der Waals surface area contributed by atoms with Crippen LogP contribution in [0.3, 0.4) is 0 Å². The van der Waals surface area contributed by atoms with Crippen LogP contribution in [0.5, 0.6) is 0 Å². The predicted octanol–water partition coefficient (Wildman–Crippen LogP) is 0.0266. The number of amides is 1. The third kappa shape index (κ3) is 0.982. The van der Waals surface area contributed by atoms with Gasteiger partial charge in [-0.2, -0.15) is 4.99 Å². The molecule has 1 saturated carbocycles. The second-order valence-electron chi connectivity index (χ2n) is 3.02. The van der Waals surface area contributed by atoms with Gasteiger partial charge in [-0.25, -0.2) is 0 Å². The summed E-state index contributed by atoms with van der Waals surface area (Å²) < 4.78 is 5.06. The lowest BCUT2D eigenvalue weighted by molar-refractivity contribution is -0.126. The first-order valence-corrected chi connectivity index (χ1v) is 3.82. The van der Waals surface area contributed by atoms with Gasteiger partial charge in [-0.1, -0.05) is 6.42 Å². The maximum atomic E-state index is 11.0. The molecular weight excluding hydrogens is 144 g/mol. The van der Waals surface area contributed by atoms with Crippen LogP contribution in [-0.4, -0.2) is 18.0 Å². The van der Waals surface area contributed by atoms with Gasteiger partial charge >= 0.3 is 0 Å². The van der Waals surface area contributed by atoms with Crippen LogP contribution in [0, 0.1) is 5.92 Å². The molecule has 1 aliphatic carbocycles. The number of aliphatic imine (C=N–C) groups is 1. The summed E-state index contributed by atoms with van der Waals surface area (Å²) in [5.74, 6) is 0.166. The molecule has 1 amide bonds. The smallest absolute Gasteiger partial charge is 0.291 e. The van der Waals surface area contributed by atoms with E-state index in [0.29, 0.717) is 5.92 Å². The van der Waals surface area contributed by atoms with E-state index < -0.39 is 0 Å². The van der Waals surface area contributed by atoms with Crippen molar-refractivity contribution in [2.45, 2.75) is 25.4 Å². The molecule has 1 atom stereocenters. The van der Waals surface area contributed by atoms with Crippen LogP contribution >= 0.6 is 0 Å². The summed E-state index contributed by atoms with van der Waals surface area (Å²) in [6.45, 7) is 0. The first-order valence-electron chi connectivity index (χ1n) is 3.82. The molecular formula is C7H10N2O2. The molecule has 4 heteroatoms. The minimum absolute atomic E-state index is 0.0342. The Kier molecular flexibility index (Phi) is 1.34. The van der Waals surface area contributed by atoms with Crippen LogP contribution in [0.4, 0.5) is 0 Å².